The zero-order valence-electron chi connectivity index (χ0n) is 14.8. The van der Waals surface area contributed by atoms with Crippen molar-refractivity contribution in [3.05, 3.63) is 24.3 Å². The molecule has 2 atom stereocenters. The summed E-state index contributed by atoms with van der Waals surface area (Å²) in [6.45, 7) is 4.83. The van der Waals surface area contributed by atoms with Gasteiger partial charge in [0.25, 0.3) is 5.91 Å². The van der Waals surface area contributed by atoms with E-state index in [0.717, 1.165) is 13.1 Å². The molecule has 6 nitrogen and oxygen atoms in total. The first-order valence-electron chi connectivity index (χ1n) is 8.49. The molecule has 1 aliphatic rings. The summed E-state index contributed by atoms with van der Waals surface area (Å²) in [6, 6.07) is 7.17. The molecular formula is C18H28N3O3+. The number of anilines is 1. The number of likely N-dealkylation sites (tertiary alicyclic amines) is 1. The normalized spacial score (nSPS) is 20.3. The summed E-state index contributed by atoms with van der Waals surface area (Å²) in [6.07, 6.45) is 2.42. The molecule has 0 aliphatic carbocycles. The molecule has 1 fully saturated rings. The molecule has 24 heavy (non-hydrogen) atoms. The lowest BCUT2D eigenvalue weighted by molar-refractivity contribution is -0.900. The highest BCUT2D eigenvalue weighted by atomic mass is 16.5. The second-order valence-corrected chi connectivity index (χ2v) is 6.66. The van der Waals surface area contributed by atoms with Gasteiger partial charge in [-0.15, -0.1) is 0 Å². The van der Waals surface area contributed by atoms with Crippen molar-refractivity contribution in [2.45, 2.75) is 19.8 Å². The van der Waals surface area contributed by atoms with Gasteiger partial charge < -0.3 is 19.9 Å². The van der Waals surface area contributed by atoms with Gasteiger partial charge in [-0.3, -0.25) is 9.59 Å². The number of likely N-dealkylation sites (N-methyl/N-ethyl adjacent to an activating group) is 1. The van der Waals surface area contributed by atoms with Crippen molar-refractivity contribution >= 4 is 17.5 Å². The van der Waals surface area contributed by atoms with Gasteiger partial charge in [0.05, 0.1) is 26.7 Å². The van der Waals surface area contributed by atoms with Crippen molar-refractivity contribution in [3.63, 3.8) is 0 Å². The van der Waals surface area contributed by atoms with Crippen LogP contribution < -0.4 is 15.0 Å². The molecule has 1 aliphatic heterocycles. The van der Waals surface area contributed by atoms with E-state index in [-0.39, 0.29) is 18.4 Å². The predicted molar refractivity (Wildman–Crippen MR) is 93.2 cm³/mol. The molecule has 132 valence electrons. The van der Waals surface area contributed by atoms with Crippen molar-refractivity contribution in [2.24, 2.45) is 5.92 Å². The molecule has 0 bridgehead atoms. The Morgan fingerprint density at radius 3 is 2.92 bits per heavy atom. The Kier molecular flexibility index (Phi) is 6.61. The smallest absolute Gasteiger partial charge is 0.277 e. The lowest BCUT2D eigenvalue weighted by Crippen LogP contribution is -3.14. The highest BCUT2D eigenvalue weighted by molar-refractivity contribution is 5.94. The van der Waals surface area contributed by atoms with Crippen LogP contribution in [0.15, 0.2) is 24.3 Å². The van der Waals surface area contributed by atoms with Crippen LogP contribution in [0.4, 0.5) is 5.69 Å². The second-order valence-electron chi connectivity index (χ2n) is 6.66. The van der Waals surface area contributed by atoms with Gasteiger partial charge in [0.15, 0.2) is 6.54 Å². The van der Waals surface area contributed by atoms with Gasteiger partial charge in [0, 0.05) is 24.7 Å². The van der Waals surface area contributed by atoms with Crippen molar-refractivity contribution in [1.29, 1.82) is 0 Å². The summed E-state index contributed by atoms with van der Waals surface area (Å²) < 4.78 is 5.13. The average Bonchev–Trinajstić information content (AvgIpc) is 2.54. The van der Waals surface area contributed by atoms with Crippen LogP contribution in [0, 0.1) is 5.92 Å². The fourth-order valence-corrected chi connectivity index (χ4v) is 3.11. The minimum atomic E-state index is -0.207. The van der Waals surface area contributed by atoms with Crippen molar-refractivity contribution in [3.8, 4) is 5.75 Å². The number of quaternary nitrogens is 1. The Hall–Kier alpha value is -2.08. The third kappa shape index (κ3) is 5.53. The molecule has 2 amide bonds. The van der Waals surface area contributed by atoms with Crippen LogP contribution >= 0.6 is 0 Å². The largest absolute Gasteiger partial charge is 0.497 e. The quantitative estimate of drug-likeness (QED) is 0.792. The van der Waals surface area contributed by atoms with E-state index in [4.69, 9.17) is 4.74 Å². The highest BCUT2D eigenvalue weighted by Crippen LogP contribution is 2.16. The van der Waals surface area contributed by atoms with Crippen molar-refractivity contribution in [1.82, 2.24) is 4.90 Å². The Morgan fingerprint density at radius 1 is 1.42 bits per heavy atom. The van der Waals surface area contributed by atoms with Gasteiger partial charge in [-0.2, -0.15) is 0 Å². The maximum atomic E-state index is 12.3. The standard InChI is InChI=1S/C18H27N3O3/c1-14-6-5-9-21(11-14)13-18(23)20(2)12-17(22)19-15-7-4-8-16(10-15)24-3/h4,7-8,10,14H,5-6,9,11-13H2,1-3H3,(H,19,22)/p+1/t14-/m1/s1. The molecule has 0 spiro atoms. The molecule has 1 saturated heterocycles. The maximum absolute atomic E-state index is 12.3. The summed E-state index contributed by atoms with van der Waals surface area (Å²) >= 11 is 0. The summed E-state index contributed by atoms with van der Waals surface area (Å²) in [7, 11) is 3.26. The minimum absolute atomic E-state index is 0.0138. The molecule has 1 unspecified atom stereocenters. The lowest BCUT2D eigenvalue weighted by Gasteiger charge is -2.28. The van der Waals surface area contributed by atoms with E-state index in [2.05, 4.69) is 12.2 Å². The first kappa shape index (κ1) is 18.3. The number of ether oxygens (including phenoxy) is 1. The topological polar surface area (TPSA) is 63.1 Å². The molecule has 6 heteroatoms. The molecular weight excluding hydrogens is 306 g/mol. The number of carbonyl (C=O) groups excluding carboxylic acids is 2. The number of rotatable bonds is 6. The molecule has 2 rings (SSSR count). The third-order valence-electron chi connectivity index (χ3n) is 4.43. The molecule has 1 aromatic carbocycles. The van der Waals surface area contributed by atoms with Gasteiger partial charge in [-0.1, -0.05) is 13.0 Å². The summed E-state index contributed by atoms with van der Waals surface area (Å²) in [5.41, 5.74) is 0.663. The maximum Gasteiger partial charge on any atom is 0.277 e. The fraction of sp³-hybridized carbons (Fsp3) is 0.556. The number of benzene rings is 1. The number of hydrogen-bond donors (Lipinski definition) is 2. The molecule has 0 radical (unpaired) electrons. The highest BCUT2D eigenvalue weighted by Gasteiger charge is 2.24. The van der Waals surface area contributed by atoms with Gasteiger partial charge in [0.2, 0.25) is 5.91 Å². The van der Waals surface area contributed by atoms with Gasteiger partial charge >= 0.3 is 0 Å². The summed E-state index contributed by atoms with van der Waals surface area (Å²) in [5.74, 6) is 1.16. The summed E-state index contributed by atoms with van der Waals surface area (Å²) in [5, 5.41) is 2.79. The lowest BCUT2D eigenvalue weighted by atomic mass is 10.0. The molecule has 1 heterocycles. The average molecular weight is 334 g/mol. The van der Waals surface area contributed by atoms with Gasteiger partial charge in [-0.05, 0) is 25.0 Å². The zero-order valence-corrected chi connectivity index (χ0v) is 14.8. The number of piperidine rings is 1. The predicted octanol–water partition coefficient (Wildman–Crippen LogP) is 0.407. The summed E-state index contributed by atoms with van der Waals surface area (Å²) in [4.78, 5) is 27.3. The van der Waals surface area contributed by atoms with Crippen LogP contribution in [0.25, 0.3) is 0 Å². The number of nitrogens with zero attached hydrogens (tertiary/aromatic N) is 1. The van der Waals surface area contributed by atoms with Crippen LogP contribution in [0.2, 0.25) is 0 Å². The van der Waals surface area contributed by atoms with E-state index in [9.17, 15) is 9.59 Å². The first-order valence-corrected chi connectivity index (χ1v) is 8.49. The Morgan fingerprint density at radius 2 is 2.21 bits per heavy atom. The van der Waals surface area contributed by atoms with Crippen LogP contribution in [0.3, 0.4) is 0 Å². The minimum Gasteiger partial charge on any atom is -0.497 e. The first-order chi connectivity index (χ1) is 11.5. The van der Waals surface area contributed by atoms with Crippen LogP contribution in [0.1, 0.15) is 19.8 Å². The van der Waals surface area contributed by atoms with Crippen LogP contribution in [-0.2, 0) is 9.59 Å². The number of amides is 2. The number of hydrogen-bond acceptors (Lipinski definition) is 3. The van der Waals surface area contributed by atoms with E-state index in [1.54, 1.807) is 26.3 Å². The second kappa shape index (κ2) is 8.68. The Labute approximate surface area is 143 Å². The Balaban J connectivity index is 1.80. The fourth-order valence-electron chi connectivity index (χ4n) is 3.11. The van der Waals surface area contributed by atoms with E-state index in [1.165, 1.54) is 22.6 Å². The van der Waals surface area contributed by atoms with Gasteiger partial charge in [-0.25, -0.2) is 0 Å². The SMILES string of the molecule is COc1cccc(NC(=O)CN(C)C(=O)C[NH+]2CCC[C@@H](C)C2)c1. The Bertz CT molecular complexity index is 576. The van der Waals surface area contributed by atoms with Gasteiger partial charge in [0.1, 0.15) is 5.75 Å². The van der Waals surface area contributed by atoms with E-state index >= 15 is 0 Å². The van der Waals surface area contributed by atoms with Crippen molar-refractivity contribution in [2.75, 3.05) is 45.7 Å². The van der Waals surface area contributed by atoms with E-state index in [0.29, 0.717) is 23.9 Å². The molecule has 0 aromatic heterocycles. The number of carbonyl (C=O) groups is 2. The molecule has 0 saturated carbocycles. The van der Waals surface area contributed by atoms with Crippen LogP contribution in [-0.4, -0.2) is 57.1 Å². The van der Waals surface area contributed by atoms with Crippen LogP contribution in [0.5, 0.6) is 5.75 Å². The molecule has 1 aromatic rings. The monoisotopic (exact) mass is 334 g/mol. The number of nitrogens with one attached hydrogen (secondary N) is 2. The van der Waals surface area contributed by atoms with Crippen molar-refractivity contribution < 1.29 is 19.2 Å². The number of methoxy groups -OCH3 is 1. The molecule has 2 N–H and O–H groups in total. The van der Waals surface area contributed by atoms with E-state index < -0.39 is 0 Å². The third-order valence-corrected chi connectivity index (χ3v) is 4.43. The van der Waals surface area contributed by atoms with E-state index in [1.807, 2.05) is 12.1 Å². The zero-order chi connectivity index (χ0) is 17.5.